The predicted molar refractivity (Wildman–Crippen MR) is 98.1 cm³/mol. The quantitative estimate of drug-likeness (QED) is 0.794. The van der Waals surface area contributed by atoms with E-state index in [-0.39, 0.29) is 10.6 Å². The molecule has 2 N–H and O–H groups in total. The molecule has 28 heavy (non-hydrogen) atoms. The van der Waals surface area contributed by atoms with Gasteiger partial charge >= 0.3 is 6.09 Å². The summed E-state index contributed by atoms with van der Waals surface area (Å²) in [4.78, 5) is 26.1. The lowest BCUT2D eigenvalue weighted by Crippen LogP contribution is -2.53. The monoisotopic (exact) mass is 416 g/mol. The zero-order valence-corrected chi connectivity index (χ0v) is 16.6. The maximum atomic E-state index is 14.4. The standard InChI is InChI=1S/C19H23ClF2N2O4/c1-18(2,3)28-17(27)24-9-12(21)15(25)14(24)16(26)23-19(7-8-19)10-5-4-6-11(20)13(10)22/h4-6,12,14-15,25H,7-9H2,1-3H3,(H,23,26)/t12-,14-,15+/m0/s1. The van der Waals surface area contributed by atoms with Gasteiger partial charge in [0.1, 0.15) is 29.7 Å². The number of carbonyl (C=O) groups is 2. The number of hydrogen-bond acceptors (Lipinski definition) is 4. The van der Waals surface area contributed by atoms with Crippen LogP contribution in [0.2, 0.25) is 5.02 Å². The lowest BCUT2D eigenvalue weighted by atomic mass is 10.0. The van der Waals surface area contributed by atoms with Crippen molar-refractivity contribution in [3.05, 3.63) is 34.6 Å². The molecular formula is C19H23ClF2N2O4. The van der Waals surface area contributed by atoms with Crippen LogP contribution in [0.1, 0.15) is 39.2 Å². The molecule has 1 heterocycles. The van der Waals surface area contributed by atoms with Crippen molar-refractivity contribution in [2.24, 2.45) is 0 Å². The Bertz CT molecular complexity index is 795. The molecule has 0 unspecified atom stereocenters. The largest absolute Gasteiger partial charge is 0.444 e. The van der Waals surface area contributed by atoms with Gasteiger partial charge in [-0.15, -0.1) is 0 Å². The molecule has 0 aromatic heterocycles. The number of rotatable bonds is 3. The van der Waals surface area contributed by atoms with Gasteiger partial charge in [-0.1, -0.05) is 23.7 Å². The predicted octanol–water partition coefficient (Wildman–Crippen LogP) is 2.90. The molecule has 0 spiro atoms. The minimum atomic E-state index is -1.79. The van der Waals surface area contributed by atoms with Crippen molar-refractivity contribution in [3.8, 4) is 0 Å². The summed E-state index contributed by atoms with van der Waals surface area (Å²) in [6.45, 7) is 4.45. The first kappa shape index (κ1) is 20.8. The fraction of sp³-hybridized carbons (Fsp3) is 0.579. The molecule has 1 aromatic rings. The minimum Gasteiger partial charge on any atom is -0.444 e. The summed E-state index contributed by atoms with van der Waals surface area (Å²) in [7, 11) is 0. The van der Waals surface area contributed by atoms with Crippen LogP contribution >= 0.6 is 11.6 Å². The summed E-state index contributed by atoms with van der Waals surface area (Å²) in [5, 5.41) is 12.8. The van der Waals surface area contributed by atoms with Gasteiger partial charge in [-0.25, -0.2) is 13.6 Å². The molecule has 1 aliphatic heterocycles. The van der Waals surface area contributed by atoms with Gasteiger partial charge in [-0.3, -0.25) is 9.69 Å². The van der Waals surface area contributed by atoms with E-state index in [1.54, 1.807) is 26.8 Å². The molecule has 0 bridgehead atoms. The SMILES string of the molecule is CC(C)(C)OC(=O)N1C[C@H](F)[C@@H](O)[C@H]1C(=O)NC1(c2cccc(Cl)c2F)CC1. The number of alkyl halides is 1. The van der Waals surface area contributed by atoms with E-state index in [4.69, 9.17) is 16.3 Å². The zero-order chi connectivity index (χ0) is 20.9. The maximum absolute atomic E-state index is 14.4. The van der Waals surface area contributed by atoms with Gasteiger partial charge in [-0.2, -0.15) is 0 Å². The Kier molecular flexibility index (Phi) is 5.31. The zero-order valence-electron chi connectivity index (χ0n) is 15.8. The smallest absolute Gasteiger partial charge is 0.411 e. The fourth-order valence-electron chi connectivity index (χ4n) is 3.37. The number of aliphatic hydroxyl groups is 1. The fourth-order valence-corrected chi connectivity index (χ4v) is 3.54. The van der Waals surface area contributed by atoms with Crippen molar-refractivity contribution in [2.45, 2.75) is 63.1 Å². The number of ether oxygens (including phenoxy) is 1. The first-order valence-electron chi connectivity index (χ1n) is 9.03. The Balaban J connectivity index is 1.81. The van der Waals surface area contributed by atoms with Crippen molar-refractivity contribution in [1.82, 2.24) is 10.2 Å². The molecule has 1 aliphatic carbocycles. The van der Waals surface area contributed by atoms with Crippen molar-refractivity contribution in [1.29, 1.82) is 0 Å². The molecule has 3 atom stereocenters. The van der Waals surface area contributed by atoms with Crippen molar-refractivity contribution < 1.29 is 28.2 Å². The van der Waals surface area contributed by atoms with Crippen LogP contribution in [0.15, 0.2) is 18.2 Å². The molecule has 1 aromatic carbocycles. The van der Waals surface area contributed by atoms with Gasteiger partial charge in [0.25, 0.3) is 0 Å². The lowest BCUT2D eigenvalue weighted by Gasteiger charge is -2.30. The highest BCUT2D eigenvalue weighted by molar-refractivity contribution is 6.30. The molecule has 9 heteroatoms. The molecule has 154 valence electrons. The highest BCUT2D eigenvalue weighted by Gasteiger charge is 2.53. The van der Waals surface area contributed by atoms with Crippen LogP contribution in [-0.2, 0) is 15.1 Å². The Labute approximate surface area is 166 Å². The van der Waals surface area contributed by atoms with Gasteiger partial charge in [0, 0.05) is 5.56 Å². The average Bonchev–Trinajstić information content (AvgIpc) is 3.28. The Hall–Kier alpha value is -1.93. The first-order valence-corrected chi connectivity index (χ1v) is 9.41. The molecule has 1 saturated carbocycles. The maximum Gasteiger partial charge on any atom is 0.411 e. The van der Waals surface area contributed by atoms with Gasteiger partial charge in [0.05, 0.1) is 17.1 Å². The third-order valence-corrected chi connectivity index (χ3v) is 5.17. The highest BCUT2D eigenvalue weighted by atomic mass is 35.5. The van der Waals surface area contributed by atoms with Crippen molar-refractivity contribution >= 4 is 23.6 Å². The molecule has 2 fully saturated rings. The molecular weight excluding hydrogens is 394 g/mol. The number of likely N-dealkylation sites (tertiary alicyclic amines) is 1. The number of nitrogens with zero attached hydrogens (tertiary/aromatic N) is 1. The van der Waals surface area contributed by atoms with E-state index in [1.807, 2.05) is 0 Å². The van der Waals surface area contributed by atoms with Crippen LogP contribution in [0.25, 0.3) is 0 Å². The lowest BCUT2D eigenvalue weighted by molar-refractivity contribution is -0.129. The van der Waals surface area contributed by atoms with Crippen LogP contribution in [0.5, 0.6) is 0 Å². The molecule has 2 aliphatic rings. The molecule has 2 amide bonds. The summed E-state index contributed by atoms with van der Waals surface area (Å²) in [5.74, 6) is -1.41. The number of nitrogens with one attached hydrogen (secondary N) is 1. The van der Waals surface area contributed by atoms with Gasteiger partial charge < -0.3 is 15.2 Å². The second-order valence-electron chi connectivity index (χ2n) is 8.26. The number of amides is 2. The topological polar surface area (TPSA) is 78.9 Å². The van der Waals surface area contributed by atoms with Crippen LogP contribution in [0.4, 0.5) is 13.6 Å². The normalized spacial score (nSPS) is 26.1. The van der Waals surface area contributed by atoms with Crippen molar-refractivity contribution in [2.75, 3.05) is 6.54 Å². The van der Waals surface area contributed by atoms with Gasteiger partial charge in [0.15, 0.2) is 0 Å². The van der Waals surface area contributed by atoms with E-state index < -0.39 is 53.8 Å². The molecule has 0 radical (unpaired) electrons. The number of aliphatic hydroxyl groups excluding tert-OH is 1. The van der Waals surface area contributed by atoms with Crippen molar-refractivity contribution in [3.63, 3.8) is 0 Å². The molecule has 1 saturated heterocycles. The van der Waals surface area contributed by atoms with E-state index in [2.05, 4.69) is 5.32 Å². The summed E-state index contributed by atoms with van der Waals surface area (Å²) < 4.78 is 33.7. The van der Waals surface area contributed by atoms with Crippen LogP contribution in [-0.4, -0.2) is 52.5 Å². The van der Waals surface area contributed by atoms with E-state index in [1.165, 1.54) is 12.1 Å². The summed E-state index contributed by atoms with van der Waals surface area (Å²) >= 11 is 5.83. The van der Waals surface area contributed by atoms with Crippen LogP contribution < -0.4 is 5.32 Å². The summed E-state index contributed by atoms with van der Waals surface area (Å²) in [5.41, 5.74) is -1.61. The van der Waals surface area contributed by atoms with Gasteiger partial charge in [-0.05, 0) is 39.7 Å². The third-order valence-electron chi connectivity index (χ3n) is 4.88. The molecule has 3 rings (SSSR count). The second-order valence-corrected chi connectivity index (χ2v) is 8.66. The summed E-state index contributed by atoms with van der Waals surface area (Å²) in [6.07, 6.45) is -3.46. The Morgan fingerprint density at radius 2 is 2.00 bits per heavy atom. The number of carbonyl (C=O) groups excluding carboxylic acids is 2. The van der Waals surface area contributed by atoms with E-state index >= 15 is 0 Å². The Morgan fingerprint density at radius 3 is 2.57 bits per heavy atom. The highest BCUT2D eigenvalue weighted by Crippen LogP contribution is 2.47. The molecule has 6 nitrogen and oxygen atoms in total. The number of halogens is 3. The third kappa shape index (κ3) is 3.93. The van der Waals surface area contributed by atoms with Gasteiger partial charge in [0.2, 0.25) is 5.91 Å². The first-order chi connectivity index (χ1) is 12.9. The number of benzene rings is 1. The van der Waals surface area contributed by atoms with E-state index in [0.29, 0.717) is 12.8 Å². The minimum absolute atomic E-state index is 0.0712. The average molecular weight is 417 g/mol. The number of hydrogen-bond donors (Lipinski definition) is 2. The van der Waals surface area contributed by atoms with E-state index in [0.717, 1.165) is 4.90 Å². The van der Waals surface area contributed by atoms with Crippen LogP contribution in [0, 0.1) is 5.82 Å². The summed E-state index contributed by atoms with van der Waals surface area (Å²) in [6, 6.07) is 3.02. The Morgan fingerprint density at radius 1 is 1.36 bits per heavy atom. The second kappa shape index (κ2) is 7.15. The van der Waals surface area contributed by atoms with E-state index in [9.17, 15) is 23.5 Å². The van der Waals surface area contributed by atoms with Crippen LogP contribution in [0.3, 0.4) is 0 Å².